The average Bonchev–Trinajstić information content (AvgIpc) is 2.63. The molecule has 2 unspecified atom stereocenters. The molecule has 1 aromatic rings. The first-order valence-corrected chi connectivity index (χ1v) is 7.59. The van der Waals surface area contributed by atoms with E-state index in [1.165, 1.54) is 12.8 Å². The minimum atomic E-state index is -0.0757. The highest BCUT2D eigenvalue weighted by Crippen LogP contribution is 2.35. The van der Waals surface area contributed by atoms with Crippen LogP contribution in [-0.4, -0.2) is 36.1 Å². The molecule has 0 N–H and O–H groups in total. The molecule has 2 aliphatic heterocycles. The zero-order valence-electron chi connectivity index (χ0n) is 12.3. The van der Waals surface area contributed by atoms with E-state index in [2.05, 4.69) is 11.9 Å². The second kappa shape index (κ2) is 5.57. The minimum absolute atomic E-state index is 0.0757. The fourth-order valence-electron chi connectivity index (χ4n) is 3.65. The minimum Gasteiger partial charge on any atom is -0.462 e. The number of hydrogen-bond donors (Lipinski definition) is 0. The third-order valence-electron chi connectivity index (χ3n) is 4.95. The van der Waals surface area contributed by atoms with Crippen LogP contribution in [0.3, 0.4) is 0 Å². The maximum absolute atomic E-state index is 12.1. The Morgan fingerprint density at radius 3 is 2.55 bits per heavy atom. The molecule has 0 aromatic heterocycles. The number of piperidine rings is 1. The van der Waals surface area contributed by atoms with Gasteiger partial charge < -0.3 is 9.64 Å². The van der Waals surface area contributed by atoms with Gasteiger partial charge in [0, 0.05) is 12.1 Å². The van der Waals surface area contributed by atoms with Gasteiger partial charge in [0.05, 0.1) is 6.42 Å². The Bertz CT molecular complexity index is 486. The first-order chi connectivity index (χ1) is 9.63. The summed E-state index contributed by atoms with van der Waals surface area (Å²) in [6.45, 7) is 2.04. The Morgan fingerprint density at radius 2 is 1.90 bits per heavy atom. The van der Waals surface area contributed by atoms with Gasteiger partial charge in [-0.1, -0.05) is 24.3 Å². The van der Waals surface area contributed by atoms with Crippen LogP contribution in [0.2, 0.25) is 0 Å². The summed E-state index contributed by atoms with van der Waals surface area (Å²) < 4.78 is 5.71. The predicted molar refractivity (Wildman–Crippen MR) is 78.6 cm³/mol. The van der Waals surface area contributed by atoms with E-state index in [0.717, 1.165) is 24.0 Å². The van der Waals surface area contributed by atoms with Crippen LogP contribution in [-0.2, 0) is 16.0 Å². The quantitative estimate of drug-likeness (QED) is 0.793. The van der Waals surface area contributed by atoms with Crippen molar-refractivity contribution < 1.29 is 9.53 Å². The molecule has 2 heterocycles. The number of carbonyl (C=O) groups is 1. The van der Waals surface area contributed by atoms with E-state index in [1.807, 2.05) is 31.2 Å². The van der Waals surface area contributed by atoms with Gasteiger partial charge in [0.15, 0.2) is 0 Å². The summed E-state index contributed by atoms with van der Waals surface area (Å²) in [6, 6.07) is 9.26. The van der Waals surface area contributed by atoms with E-state index in [4.69, 9.17) is 4.74 Å². The molecule has 3 nitrogen and oxygen atoms in total. The molecule has 2 atom stereocenters. The Kier molecular flexibility index (Phi) is 3.79. The Labute approximate surface area is 120 Å². The number of esters is 1. The number of aryl methyl sites for hydroxylation is 1. The fourth-order valence-corrected chi connectivity index (χ4v) is 3.65. The topological polar surface area (TPSA) is 29.5 Å². The van der Waals surface area contributed by atoms with Gasteiger partial charge in [-0.25, -0.2) is 0 Å². The number of nitrogens with zero attached hydrogens (tertiary/aromatic N) is 1. The normalized spacial score (nSPS) is 29.4. The van der Waals surface area contributed by atoms with Crippen molar-refractivity contribution in [1.29, 1.82) is 0 Å². The van der Waals surface area contributed by atoms with Crippen LogP contribution in [0.4, 0.5) is 0 Å². The molecule has 2 aliphatic rings. The summed E-state index contributed by atoms with van der Waals surface area (Å²) in [5.41, 5.74) is 2.24. The van der Waals surface area contributed by atoms with E-state index < -0.39 is 0 Å². The first kappa shape index (κ1) is 13.6. The Hall–Kier alpha value is -1.35. The average molecular weight is 273 g/mol. The molecule has 1 aromatic carbocycles. The molecular formula is C17H23NO2. The lowest BCUT2D eigenvalue weighted by Gasteiger charge is -2.35. The molecule has 3 rings (SSSR count). The lowest BCUT2D eigenvalue weighted by molar-refractivity contribution is -0.151. The van der Waals surface area contributed by atoms with Crippen LogP contribution in [0.15, 0.2) is 24.3 Å². The van der Waals surface area contributed by atoms with E-state index in [1.54, 1.807) is 0 Å². The molecule has 0 amide bonds. The highest BCUT2D eigenvalue weighted by atomic mass is 16.5. The highest BCUT2D eigenvalue weighted by molar-refractivity contribution is 5.73. The van der Waals surface area contributed by atoms with Gasteiger partial charge in [0.2, 0.25) is 0 Å². The van der Waals surface area contributed by atoms with Gasteiger partial charge >= 0.3 is 5.97 Å². The molecule has 108 valence electrons. The second-order valence-electron chi connectivity index (χ2n) is 6.24. The van der Waals surface area contributed by atoms with E-state index in [0.29, 0.717) is 18.5 Å². The van der Waals surface area contributed by atoms with Crippen LogP contribution in [0.1, 0.15) is 36.8 Å². The number of ether oxygens (including phenoxy) is 1. The molecule has 0 aliphatic carbocycles. The van der Waals surface area contributed by atoms with Gasteiger partial charge in [0.25, 0.3) is 0 Å². The van der Waals surface area contributed by atoms with Crippen molar-refractivity contribution in [1.82, 2.24) is 4.90 Å². The highest BCUT2D eigenvalue weighted by Gasteiger charge is 2.39. The summed E-state index contributed by atoms with van der Waals surface area (Å²) in [7, 11) is 2.20. The van der Waals surface area contributed by atoms with E-state index >= 15 is 0 Å². The second-order valence-corrected chi connectivity index (χ2v) is 6.24. The van der Waals surface area contributed by atoms with Crippen LogP contribution >= 0.6 is 0 Å². The number of benzene rings is 1. The van der Waals surface area contributed by atoms with Crippen molar-refractivity contribution in [3.63, 3.8) is 0 Å². The van der Waals surface area contributed by atoms with E-state index in [-0.39, 0.29) is 12.1 Å². The molecule has 0 radical (unpaired) electrons. The molecule has 20 heavy (non-hydrogen) atoms. The van der Waals surface area contributed by atoms with Crippen molar-refractivity contribution in [2.24, 2.45) is 0 Å². The molecule has 2 saturated heterocycles. The summed E-state index contributed by atoms with van der Waals surface area (Å²) >= 11 is 0. The van der Waals surface area contributed by atoms with Crippen molar-refractivity contribution in [2.75, 3.05) is 7.05 Å². The lowest BCUT2D eigenvalue weighted by atomic mass is 10.0. The lowest BCUT2D eigenvalue weighted by Crippen LogP contribution is -2.43. The third kappa shape index (κ3) is 2.73. The monoisotopic (exact) mass is 273 g/mol. The molecule has 0 spiro atoms. The summed E-state index contributed by atoms with van der Waals surface area (Å²) in [5.74, 6) is -0.0757. The maximum atomic E-state index is 12.1. The van der Waals surface area contributed by atoms with Crippen LogP contribution in [0.25, 0.3) is 0 Å². The van der Waals surface area contributed by atoms with Gasteiger partial charge in [0.1, 0.15) is 6.10 Å². The zero-order chi connectivity index (χ0) is 14.1. The van der Waals surface area contributed by atoms with Gasteiger partial charge in [-0.15, -0.1) is 0 Å². The van der Waals surface area contributed by atoms with Crippen molar-refractivity contribution in [3.8, 4) is 0 Å². The smallest absolute Gasteiger partial charge is 0.310 e. The summed E-state index contributed by atoms with van der Waals surface area (Å²) in [4.78, 5) is 14.6. The number of hydrogen-bond acceptors (Lipinski definition) is 3. The standard InChI is InChI=1S/C17H23NO2/c1-12-5-3-4-6-13(12)9-17(19)20-16-10-14-7-8-15(11-16)18(14)2/h3-6,14-16H,7-11H2,1-2H3. The van der Waals surface area contributed by atoms with Crippen LogP contribution < -0.4 is 0 Å². The predicted octanol–water partition coefficient (Wildman–Crippen LogP) is 2.71. The number of carbonyl (C=O) groups excluding carboxylic acids is 1. The van der Waals surface area contributed by atoms with Crippen LogP contribution in [0, 0.1) is 6.92 Å². The Balaban J connectivity index is 1.56. The summed E-state index contributed by atoms with van der Waals surface area (Å²) in [5, 5.41) is 0. The van der Waals surface area contributed by atoms with Gasteiger partial charge in [-0.2, -0.15) is 0 Å². The third-order valence-corrected chi connectivity index (χ3v) is 4.95. The van der Waals surface area contributed by atoms with Crippen molar-refractivity contribution >= 4 is 5.97 Å². The number of rotatable bonds is 3. The van der Waals surface area contributed by atoms with Crippen LogP contribution in [0.5, 0.6) is 0 Å². The molecular weight excluding hydrogens is 250 g/mol. The SMILES string of the molecule is Cc1ccccc1CC(=O)OC1CC2CCC(C1)N2C. The van der Waals surface area contributed by atoms with Crippen molar-refractivity contribution in [3.05, 3.63) is 35.4 Å². The fraction of sp³-hybridized carbons (Fsp3) is 0.588. The van der Waals surface area contributed by atoms with Gasteiger partial charge in [-0.05, 0) is 50.8 Å². The molecule has 0 saturated carbocycles. The van der Waals surface area contributed by atoms with E-state index in [9.17, 15) is 4.79 Å². The summed E-state index contributed by atoms with van der Waals surface area (Å²) in [6.07, 6.45) is 5.05. The van der Waals surface area contributed by atoms with Crippen molar-refractivity contribution in [2.45, 2.75) is 57.2 Å². The molecule has 3 heteroatoms. The maximum Gasteiger partial charge on any atom is 0.310 e. The Morgan fingerprint density at radius 1 is 1.25 bits per heavy atom. The number of fused-ring (bicyclic) bond motifs is 2. The molecule has 2 fully saturated rings. The molecule has 2 bridgehead atoms. The van der Waals surface area contributed by atoms with Gasteiger partial charge in [-0.3, -0.25) is 4.79 Å². The first-order valence-electron chi connectivity index (χ1n) is 7.59. The largest absolute Gasteiger partial charge is 0.462 e. The zero-order valence-corrected chi connectivity index (χ0v) is 12.3.